The van der Waals surface area contributed by atoms with Crippen molar-refractivity contribution in [1.29, 1.82) is 0 Å². The van der Waals surface area contributed by atoms with E-state index in [-0.39, 0.29) is 11.3 Å². The molecular weight excluding hydrogens is 290 g/mol. The Kier molecular flexibility index (Phi) is 3.91. The zero-order chi connectivity index (χ0) is 13.2. The third-order valence-corrected chi connectivity index (χ3v) is 3.93. The number of carbonyl (C=O) groups is 1. The second-order valence-corrected chi connectivity index (χ2v) is 6.13. The Morgan fingerprint density at radius 1 is 1.50 bits per heavy atom. The molecule has 0 bridgehead atoms. The Morgan fingerprint density at radius 2 is 2.22 bits per heavy atom. The molecule has 0 saturated heterocycles. The standard InChI is InChI=1S/C15H18BrNO/c1-11-5-3-6-13(9-11)15(7-4-8-15)14(18)17-10-12(2)16/h3,5-6,9H,2,4,7-8,10H2,1H3,(H,17,18). The van der Waals surface area contributed by atoms with Crippen LogP contribution in [0, 0.1) is 6.92 Å². The summed E-state index contributed by atoms with van der Waals surface area (Å²) in [7, 11) is 0. The average molecular weight is 308 g/mol. The average Bonchev–Trinajstić information content (AvgIpc) is 2.25. The highest BCUT2D eigenvalue weighted by Crippen LogP contribution is 2.44. The van der Waals surface area contributed by atoms with Gasteiger partial charge in [-0.3, -0.25) is 4.79 Å². The maximum Gasteiger partial charge on any atom is 0.230 e. The summed E-state index contributed by atoms with van der Waals surface area (Å²) in [6.45, 7) is 6.30. The first-order valence-corrected chi connectivity index (χ1v) is 7.03. The number of benzene rings is 1. The fourth-order valence-electron chi connectivity index (χ4n) is 2.47. The minimum Gasteiger partial charge on any atom is -0.351 e. The van der Waals surface area contributed by atoms with Gasteiger partial charge >= 0.3 is 0 Å². The molecule has 0 heterocycles. The zero-order valence-corrected chi connectivity index (χ0v) is 12.2. The van der Waals surface area contributed by atoms with E-state index >= 15 is 0 Å². The molecule has 96 valence electrons. The van der Waals surface area contributed by atoms with Crippen LogP contribution in [0.3, 0.4) is 0 Å². The first-order valence-electron chi connectivity index (χ1n) is 6.23. The molecule has 1 saturated carbocycles. The van der Waals surface area contributed by atoms with Crippen LogP contribution < -0.4 is 5.32 Å². The Hall–Kier alpha value is -1.09. The molecule has 2 rings (SSSR count). The fourth-order valence-corrected chi connectivity index (χ4v) is 2.61. The lowest BCUT2D eigenvalue weighted by Crippen LogP contribution is -2.49. The Bertz CT molecular complexity index is 477. The quantitative estimate of drug-likeness (QED) is 0.907. The van der Waals surface area contributed by atoms with Gasteiger partial charge in [-0.2, -0.15) is 0 Å². The second-order valence-electron chi connectivity index (χ2n) is 5.01. The number of rotatable bonds is 4. The first-order chi connectivity index (χ1) is 8.54. The third-order valence-electron chi connectivity index (χ3n) is 3.65. The third kappa shape index (κ3) is 2.51. The summed E-state index contributed by atoms with van der Waals surface area (Å²) in [5.41, 5.74) is 2.04. The highest BCUT2D eigenvalue weighted by Gasteiger charge is 2.45. The predicted molar refractivity (Wildman–Crippen MR) is 77.8 cm³/mol. The molecule has 1 fully saturated rings. The molecule has 1 N–H and O–H groups in total. The maximum atomic E-state index is 12.4. The van der Waals surface area contributed by atoms with E-state index in [1.165, 1.54) is 5.56 Å². The zero-order valence-electron chi connectivity index (χ0n) is 10.6. The van der Waals surface area contributed by atoms with Gasteiger partial charge in [0.15, 0.2) is 0 Å². The van der Waals surface area contributed by atoms with Gasteiger partial charge < -0.3 is 5.32 Å². The molecule has 18 heavy (non-hydrogen) atoms. The van der Waals surface area contributed by atoms with Crippen LogP contribution in [-0.4, -0.2) is 12.5 Å². The lowest BCUT2D eigenvalue weighted by Gasteiger charge is -2.41. The molecule has 0 aromatic heterocycles. The summed E-state index contributed by atoms with van der Waals surface area (Å²) in [4.78, 5) is 12.4. The minimum atomic E-state index is -0.311. The predicted octanol–water partition coefficient (Wildman–Crippen LogP) is 3.44. The van der Waals surface area contributed by atoms with E-state index < -0.39 is 0 Å². The SMILES string of the molecule is C=C(Br)CNC(=O)C1(c2cccc(C)c2)CCC1. The van der Waals surface area contributed by atoms with Crippen molar-refractivity contribution < 1.29 is 4.79 Å². The van der Waals surface area contributed by atoms with E-state index in [9.17, 15) is 4.79 Å². The number of aryl methyl sites for hydroxylation is 1. The molecule has 3 heteroatoms. The van der Waals surface area contributed by atoms with E-state index in [2.05, 4.69) is 52.9 Å². The van der Waals surface area contributed by atoms with Gasteiger partial charge in [-0.15, -0.1) is 0 Å². The second kappa shape index (κ2) is 5.27. The highest BCUT2D eigenvalue weighted by molar-refractivity contribution is 9.11. The molecule has 0 radical (unpaired) electrons. The highest BCUT2D eigenvalue weighted by atomic mass is 79.9. The monoisotopic (exact) mass is 307 g/mol. The lowest BCUT2D eigenvalue weighted by atomic mass is 9.63. The summed E-state index contributed by atoms with van der Waals surface area (Å²) in [5, 5.41) is 2.96. The normalized spacial score (nSPS) is 16.8. The molecule has 0 spiro atoms. The van der Waals surface area contributed by atoms with Crippen LogP contribution in [-0.2, 0) is 10.2 Å². The van der Waals surface area contributed by atoms with E-state index in [1.807, 2.05) is 6.07 Å². The van der Waals surface area contributed by atoms with Crippen molar-refractivity contribution in [2.45, 2.75) is 31.6 Å². The Balaban J connectivity index is 2.20. The van der Waals surface area contributed by atoms with Crippen LogP contribution in [0.2, 0.25) is 0 Å². The van der Waals surface area contributed by atoms with Gasteiger partial charge in [0.05, 0.1) is 5.41 Å². The molecule has 0 atom stereocenters. The number of hydrogen-bond donors (Lipinski definition) is 1. The minimum absolute atomic E-state index is 0.125. The number of halogens is 1. The molecule has 0 aliphatic heterocycles. The van der Waals surface area contributed by atoms with Crippen molar-refractivity contribution in [3.8, 4) is 0 Å². The van der Waals surface area contributed by atoms with Crippen molar-refractivity contribution in [2.75, 3.05) is 6.54 Å². The lowest BCUT2D eigenvalue weighted by molar-refractivity contribution is -0.129. The van der Waals surface area contributed by atoms with Crippen LogP contribution >= 0.6 is 15.9 Å². The van der Waals surface area contributed by atoms with Gasteiger partial charge in [0.25, 0.3) is 0 Å². The van der Waals surface area contributed by atoms with Crippen LogP contribution in [0.25, 0.3) is 0 Å². The van der Waals surface area contributed by atoms with Crippen molar-refractivity contribution in [3.63, 3.8) is 0 Å². The largest absolute Gasteiger partial charge is 0.351 e. The van der Waals surface area contributed by atoms with Crippen molar-refractivity contribution in [2.24, 2.45) is 0 Å². The van der Waals surface area contributed by atoms with Crippen LogP contribution in [0.1, 0.15) is 30.4 Å². The number of carbonyl (C=O) groups excluding carboxylic acids is 1. The van der Waals surface area contributed by atoms with E-state index in [0.29, 0.717) is 6.54 Å². The molecule has 2 nitrogen and oxygen atoms in total. The number of nitrogens with one attached hydrogen (secondary N) is 1. The molecule has 1 aliphatic carbocycles. The Morgan fingerprint density at radius 3 is 2.72 bits per heavy atom. The molecule has 1 aromatic carbocycles. The van der Waals surface area contributed by atoms with Gasteiger partial charge in [-0.25, -0.2) is 0 Å². The summed E-state index contributed by atoms with van der Waals surface area (Å²) in [5.74, 6) is 0.125. The van der Waals surface area contributed by atoms with E-state index in [4.69, 9.17) is 0 Å². The Labute approximate surface area is 117 Å². The molecule has 1 aromatic rings. The fraction of sp³-hybridized carbons (Fsp3) is 0.400. The van der Waals surface area contributed by atoms with Crippen molar-refractivity contribution >= 4 is 21.8 Å². The molecule has 1 aliphatic rings. The summed E-state index contributed by atoms with van der Waals surface area (Å²) < 4.78 is 0.801. The topological polar surface area (TPSA) is 29.1 Å². The summed E-state index contributed by atoms with van der Waals surface area (Å²) in [6.07, 6.45) is 3.00. The summed E-state index contributed by atoms with van der Waals surface area (Å²) >= 11 is 3.27. The smallest absolute Gasteiger partial charge is 0.230 e. The van der Waals surface area contributed by atoms with Crippen molar-refractivity contribution in [1.82, 2.24) is 5.32 Å². The van der Waals surface area contributed by atoms with Crippen molar-refractivity contribution in [3.05, 3.63) is 46.5 Å². The van der Waals surface area contributed by atoms with Gasteiger partial charge in [0.1, 0.15) is 0 Å². The summed E-state index contributed by atoms with van der Waals surface area (Å²) in [6, 6.07) is 8.28. The van der Waals surface area contributed by atoms with Gasteiger partial charge in [0, 0.05) is 11.0 Å². The molecular formula is C15H18BrNO. The first kappa shape index (κ1) is 13.3. The molecule has 0 unspecified atom stereocenters. The van der Waals surface area contributed by atoms with Gasteiger partial charge in [-0.05, 0) is 25.3 Å². The number of amides is 1. The van der Waals surface area contributed by atoms with Gasteiger partial charge in [-0.1, -0.05) is 58.8 Å². The van der Waals surface area contributed by atoms with E-state index in [1.54, 1.807) is 0 Å². The van der Waals surface area contributed by atoms with Crippen LogP contribution in [0.4, 0.5) is 0 Å². The maximum absolute atomic E-state index is 12.4. The van der Waals surface area contributed by atoms with Crippen LogP contribution in [0.5, 0.6) is 0 Å². The van der Waals surface area contributed by atoms with Crippen LogP contribution in [0.15, 0.2) is 35.3 Å². The van der Waals surface area contributed by atoms with Gasteiger partial charge in [0.2, 0.25) is 5.91 Å². The number of hydrogen-bond acceptors (Lipinski definition) is 1. The van der Waals surface area contributed by atoms with E-state index in [0.717, 1.165) is 29.3 Å². The molecule has 1 amide bonds.